The Hall–Kier alpha value is -1.75. The van der Waals surface area contributed by atoms with Crippen LogP contribution in [-0.4, -0.2) is 4.40 Å². The molecule has 0 amide bonds. The van der Waals surface area contributed by atoms with E-state index in [0.717, 1.165) is 17.8 Å². The summed E-state index contributed by atoms with van der Waals surface area (Å²) in [4.78, 5) is 0. The third-order valence-electron chi connectivity index (χ3n) is 2.54. The highest BCUT2D eigenvalue weighted by atomic mass is 15.1. The first-order valence-electron chi connectivity index (χ1n) is 5.32. The van der Waals surface area contributed by atoms with Crippen LogP contribution in [0.3, 0.4) is 0 Å². The molecule has 2 rings (SSSR count). The van der Waals surface area contributed by atoms with Gasteiger partial charge in [-0.15, -0.1) is 6.42 Å². The molecule has 0 aliphatic heterocycles. The fourth-order valence-electron chi connectivity index (χ4n) is 1.70. The zero-order chi connectivity index (χ0) is 10.7. The number of terminal acetylenes is 1. The lowest BCUT2D eigenvalue weighted by Crippen LogP contribution is -2.30. The number of fused-ring (bicyclic) bond motifs is 1. The number of unbranched alkanes of at least 4 members (excludes halogenated alkanes) is 1. The van der Waals surface area contributed by atoms with Crippen molar-refractivity contribution in [2.75, 3.05) is 0 Å². The van der Waals surface area contributed by atoms with Crippen LogP contribution < -0.4 is 4.57 Å². The van der Waals surface area contributed by atoms with Crippen molar-refractivity contribution in [2.45, 2.75) is 26.3 Å². The number of pyridine rings is 1. The lowest BCUT2D eigenvalue weighted by molar-refractivity contribution is -0.695. The highest BCUT2D eigenvalue weighted by Crippen LogP contribution is 2.04. The molecule has 2 aromatic heterocycles. The number of nitrogens with zero attached hydrogens (tertiary/aromatic N) is 2. The van der Waals surface area contributed by atoms with E-state index in [2.05, 4.69) is 40.4 Å². The molecule has 0 saturated carbocycles. The molecule has 2 heteroatoms. The first kappa shape index (κ1) is 9.79. The van der Waals surface area contributed by atoms with Crippen LogP contribution >= 0.6 is 0 Å². The molecule has 2 aromatic rings. The normalized spacial score (nSPS) is 10.4. The van der Waals surface area contributed by atoms with Crippen molar-refractivity contribution < 1.29 is 4.57 Å². The van der Waals surface area contributed by atoms with E-state index >= 15 is 0 Å². The Kier molecular flexibility index (Phi) is 2.73. The van der Waals surface area contributed by atoms with Crippen LogP contribution in [0.4, 0.5) is 0 Å². The molecule has 76 valence electrons. The third kappa shape index (κ3) is 1.87. The fourth-order valence-corrected chi connectivity index (χ4v) is 1.70. The molecule has 0 aliphatic rings. The molecule has 0 atom stereocenters. The topological polar surface area (TPSA) is 8.29 Å². The Balaban J connectivity index is 2.42. The van der Waals surface area contributed by atoms with Gasteiger partial charge in [0, 0.05) is 0 Å². The molecule has 15 heavy (non-hydrogen) atoms. The lowest BCUT2D eigenvalue weighted by Gasteiger charge is -1.90. The number of hydrogen-bond acceptors (Lipinski definition) is 0. The van der Waals surface area contributed by atoms with Crippen LogP contribution in [0.2, 0.25) is 0 Å². The molecule has 0 fully saturated rings. The smallest absolute Gasteiger partial charge is 0.236 e. The molecule has 2 heterocycles. The van der Waals surface area contributed by atoms with Crippen molar-refractivity contribution >= 4 is 5.52 Å². The number of rotatable bonds is 3. The second-order valence-electron chi connectivity index (χ2n) is 3.69. The average molecular weight is 199 g/mol. The van der Waals surface area contributed by atoms with Crippen molar-refractivity contribution in [2.24, 2.45) is 0 Å². The van der Waals surface area contributed by atoms with Crippen LogP contribution in [0.5, 0.6) is 0 Å². The van der Waals surface area contributed by atoms with Crippen LogP contribution in [0.25, 0.3) is 5.52 Å². The highest BCUT2D eigenvalue weighted by molar-refractivity contribution is 5.47. The first-order chi connectivity index (χ1) is 7.35. The van der Waals surface area contributed by atoms with Crippen LogP contribution in [0.1, 0.15) is 25.5 Å². The minimum atomic E-state index is 0.905. The van der Waals surface area contributed by atoms with E-state index in [1.807, 2.05) is 12.1 Å². The summed E-state index contributed by atoms with van der Waals surface area (Å²) in [6.07, 6.45) is 12.1. The Morgan fingerprint density at radius 2 is 2.33 bits per heavy atom. The van der Waals surface area contributed by atoms with Crippen molar-refractivity contribution in [3.8, 4) is 12.3 Å². The minimum absolute atomic E-state index is 0.905. The fraction of sp³-hybridized carbons (Fsp3) is 0.308. The van der Waals surface area contributed by atoms with Gasteiger partial charge in [0.1, 0.15) is 6.20 Å². The van der Waals surface area contributed by atoms with Crippen LogP contribution in [0, 0.1) is 12.3 Å². The average Bonchev–Trinajstić information content (AvgIpc) is 2.68. The second kappa shape index (κ2) is 4.18. The van der Waals surface area contributed by atoms with E-state index in [1.165, 1.54) is 12.8 Å². The standard InChI is InChI=1S/C13H15N2/c1-3-5-9-14-10-13-8-6-7-12(4-2)15(13)11-14/h2,6-8,10-11H,3,5,9H2,1H3/q+1. The molecular formula is C13H15N2+. The predicted molar refractivity (Wildman–Crippen MR) is 60.4 cm³/mol. The van der Waals surface area contributed by atoms with Gasteiger partial charge in [-0.1, -0.05) is 19.4 Å². The maximum Gasteiger partial charge on any atom is 0.250 e. The number of imidazole rings is 1. The molecule has 0 unspecified atom stereocenters. The summed E-state index contributed by atoms with van der Waals surface area (Å²) in [5.74, 6) is 2.69. The van der Waals surface area contributed by atoms with Gasteiger partial charge in [-0.05, 0) is 24.5 Å². The summed E-state index contributed by atoms with van der Waals surface area (Å²) < 4.78 is 4.25. The Bertz CT molecular complexity index is 503. The van der Waals surface area contributed by atoms with Crippen molar-refractivity contribution in [1.29, 1.82) is 0 Å². The van der Waals surface area contributed by atoms with Gasteiger partial charge < -0.3 is 0 Å². The van der Waals surface area contributed by atoms with Crippen molar-refractivity contribution in [1.82, 2.24) is 4.40 Å². The largest absolute Gasteiger partial charge is 0.250 e. The molecule has 0 N–H and O–H groups in total. The van der Waals surface area contributed by atoms with Gasteiger partial charge in [0.05, 0.1) is 6.54 Å². The van der Waals surface area contributed by atoms with Crippen LogP contribution in [0.15, 0.2) is 30.7 Å². The van der Waals surface area contributed by atoms with E-state index in [0.29, 0.717) is 0 Å². The van der Waals surface area contributed by atoms with Crippen molar-refractivity contribution in [3.05, 3.63) is 36.4 Å². The molecule has 0 saturated heterocycles. The van der Waals surface area contributed by atoms with E-state index < -0.39 is 0 Å². The molecule has 0 radical (unpaired) electrons. The number of aryl methyl sites for hydroxylation is 1. The maximum atomic E-state index is 5.45. The van der Waals surface area contributed by atoms with Crippen LogP contribution in [-0.2, 0) is 6.54 Å². The third-order valence-corrected chi connectivity index (χ3v) is 2.54. The van der Waals surface area contributed by atoms with Gasteiger partial charge in [0.25, 0.3) is 0 Å². The molecule has 0 spiro atoms. The Morgan fingerprint density at radius 3 is 3.07 bits per heavy atom. The predicted octanol–water partition coefficient (Wildman–Crippen LogP) is 2.01. The summed E-state index contributed by atoms with van der Waals surface area (Å²) in [6.45, 7) is 3.26. The monoisotopic (exact) mass is 199 g/mol. The summed E-state index contributed by atoms with van der Waals surface area (Å²) in [5.41, 5.74) is 2.06. The highest BCUT2D eigenvalue weighted by Gasteiger charge is 2.08. The molecule has 2 nitrogen and oxygen atoms in total. The van der Waals surface area contributed by atoms with Gasteiger partial charge in [0.15, 0.2) is 11.2 Å². The van der Waals surface area contributed by atoms with E-state index in [-0.39, 0.29) is 0 Å². The van der Waals surface area contributed by atoms with E-state index in [4.69, 9.17) is 6.42 Å². The van der Waals surface area contributed by atoms with Crippen molar-refractivity contribution in [3.63, 3.8) is 0 Å². The summed E-state index contributed by atoms with van der Waals surface area (Å²) >= 11 is 0. The SMILES string of the molecule is C#Cc1cccc2c[n+](CCCC)cn12. The summed E-state index contributed by atoms with van der Waals surface area (Å²) in [5, 5.41) is 0. The second-order valence-corrected chi connectivity index (χ2v) is 3.69. The number of aromatic nitrogens is 2. The maximum absolute atomic E-state index is 5.45. The zero-order valence-electron chi connectivity index (χ0n) is 8.98. The molecule has 0 aliphatic carbocycles. The zero-order valence-corrected chi connectivity index (χ0v) is 8.98. The minimum Gasteiger partial charge on any atom is -0.236 e. The molecule has 0 bridgehead atoms. The number of hydrogen-bond donors (Lipinski definition) is 0. The van der Waals surface area contributed by atoms with Gasteiger partial charge in [-0.25, -0.2) is 4.57 Å². The quantitative estimate of drug-likeness (QED) is 0.528. The first-order valence-corrected chi connectivity index (χ1v) is 5.32. The Labute approximate surface area is 90.2 Å². The summed E-state index contributed by atoms with van der Waals surface area (Å²) in [6, 6.07) is 6.02. The van der Waals surface area contributed by atoms with Gasteiger partial charge in [-0.2, -0.15) is 4.40 Å². The van der Waals surface area contributed by atoms with E-state index in [1.54, 1.807) is 0 Å². The molecule has 0 aromatic carbocycles. The Morgan fingerprint density at radius 1 is 1.47 bits per heavy atom. The summed E-state index contributed by atoms with van der Waals surface area (Å²) in [7, 11) is 0. The van der Waals surface area contributed by atoms with Gasteiger partial charge >= 0.3 is 0 Å². The van der Waals surface area contributed by atoms with E-state index in [9.17, 15) is 0 Å². The van der Waals surface area contributed by atoms with Gasteiger partial charge in [0.2, 0.25) is 6.33 Å². The van der Waals surface area contributed by atoms with Gasteiger partial charge in [-0.3, -0.25) is 0 Å². The lowest BCUT2D eigenvalue weighted by atomic mass is 10.3. The molecular weight excluding hydrogens is 184 g/mol.